The number of rotatable bonds is 3. The molecule has 1 aromatic carbocycles. The Morgan fingerprint density at radius 1 is 1.26 bits per heavy atom. The standard InChI is InChI=1S/C18H23FN4/c1-3-16-12(2)21-17(13-5-4-6-14(19)11-13)22-18(16)23-9-7-15(20)8-10-23/h4-6,11,15H,3,7-10,20H2,1-2H3. The van der Waals surface area contributed by atoms with E-state index in [9.17, 15) is 4.39 Å². The van der Waals surface area contributed by atoms with Gasteiger partial charge in [0.1, 0.15) is 11.6 Å². The molecule has 0 saturated carbocycles. The lowest BCUT2D eigenvalue weighted by atomic mass is 10.0. The van der Waals surface area contributed by atoms with Crippen LogP contribution in [0, 0.1) is 12.7 Å². The minimum Gasteiger partial charge on any atom is -0.356 e. The van der Waals surface area contributed by atoms with Crippen molar-refractivity contribution in [2.45, 2.75) is 39.2 Å². The van der Waals surface area contributed by atoms with Crippen LogP contribution in [0.5, 0.6) is 0 Å². The van der Waals surface area contributed by atoms with Gasteiger partial charge in [0.05, 0.1) is 0 Å². The van der Waals surface area contributed by atoms with Crippen LogP contribution < -0.4 is 10.6 Å². The van der Waals surface area contributed by atoms with Gasteiger partial charge in [-0.05, 0) is 38.3 Å². The maximum Gasteiger partial charge on any atom is 0.161 e. The molecule has 5 heteroatoms. The van der Waals surface area contributed by atoms with Crippen molar-refractivity contribution in [1.82, 2.24) is 9.97 Å². The highest BCUT2D eigenvalue weighted by atomic mass is 19.1. The molecule has 122 valence electrons. The molecule has 2 N–H and O–H groups in total. The second-order valence-corrected chi connectivity index (χ2v) is 6.12. The van der Waals surface area contributed by atoms with Crippen LogP contribution in [0.15, 0.2) is 24.3 Å². The molecule has 1 saturated heterocycles. The highest BCUT2D eigenvalue weighted by molar-refractivity contribution is 5.60. The summed E-state index contributed by atoms with van der Waals surface area (Å²) in [5.41, 5.74) is 8.86. The van der Waals surface area contributed by atoms with Gasteiger partial charge in [-0.2, -0.15) is 0 Å². The highest BCUT2D eigenvalue weighted by Crippen LogP contribution is 2.27. The van der Waals surface area contributed by atoms with Crippen LogP contribution in [0.1, 0.15) is 31.0 Å². The third-order valence-corrected chi connectivity index (χ3v) is 4.47. The van der Waals surface area contributed by atoms with Gasteiger partial charge in [0.25, 0.3) is 0 Å². The number of anilines is 1. The summed E-state index contributed by atoms with van der Waals surface area (Å²) < 4.78 is 13.5. The Morgan fingerprint density at radius 3 is 2.65 bits per heavy atom. The Labute approximate surface area is 136 Å². The average Bonchev–Trinajstić information content (AvgIpc) is 2.55. The van der Waals surface area contributed by atoms with E-state index in [1.807, 2.05) is 13.0 Å². The van der Waals surface area contributed by atoms with E-state index in [2.05, 4.69) is 16.8 Å². The number of benzene rings is 1. The zero-order valence-electron chi connectivity index (χ0n) is 13.7. The van der Waals surface area contributed by atoms with Crippen molar-refractivity contribution in [3.8, 4) is 11.4 Å². The van der Waals surface area contributed by atoms with Gasteiger partial charge in [0.2, 0.25) is 0 Å². The van der Waals surface area contributed by atoms with Crippen molar-refractivity contribution in [3.63, 3.8) is 0 Å². The average molecular weight is 314 g/mol. The fourth-order valence-corrected chi connectivity index (χ4v) is 3.12. The molecule has 2 heterocycles. The first-order valence-electron chi connectivity index (χ1n) is 8.22. The summed E-state index contributed by atoms with van der Waals surface area (Å²) in [6.07, 6.45) is 2.83. The Balaban J connectivity index is 2.03. The molecule has 0 bridgehead atoms. The lowest BCUT2D eigenvalue weighted by Gasteiger charge is -2.32. The number of aromatic nitrogens is 2. The topological polar surface area (TPSA) is 55.0 Å². The minimum atomic E-state index is -0.270. The van der Waals surface area contributed by atoms with Crippen LogP contribution in [0.4, 0.5) is 10.2 Å². The summed E-state index contributed by atoms with van der Waals surface area (Å²) in [6.45, 7) is 5.94. The largest absolute Gasteiger partial charge is 0.356 e. The van der Waals surface area contributed by atoms with Crippen molar-refractivity contribution in [2.24, 2.45) is 5.73 Å². The smallest absolute Gasteiger partial charge is 0.161 e. The Hall–Kier alpha value is -2.01. The molecular weight excluding hydrogens is 291 g/mol. The summed E-state index contributed by atoms with van der Waals surface area (Å²) >= 11 is 0. The first-order valence-corrected chi connectivity index (χ1v) is 8.22. The van der Waals surface area contributed by atoms with Crippen LogP contribution in [0.3, 0.4) is 0 Å². The SMILES string of the molecule is CCc1c(C)nc(-c2cccc(F)c2)nc1N1CCC(N)CC1. The molecule has 0 atom stereocenters. The summed E-state index contributed by atoms with van der Waals surface area (Å²) in [5, 5.41) is 0. The zero-order valence-corrected chi connectivity index (χ0v) is 13.7. The van der Waals surface area contributed by atoms with E-state index < -0.39 is 0 Å². The van der Waals surface area contributed by atoms with E-state index in [0.29, 0.717) is 11.4 Å². The molecule has 0 unspecified atom stereocenters. The predicted molar refractivity (Wildman–Crippen MR) is 91.0 cm³/mol. The van der Waals surface area contributed by atoms with E-state index in [-0.39, 0.29) is 11.9 Å². The fourth-order valence-electron chi connectivity index (χ4n) is 3.12. The lowest BCUT2D eigenvalue weighted by molar-refractivity contribution is 0.497. The third-order valence-electron chi connectivity index (χ3n) is 4.47. The molecule has 0 aliphatic carbocycles. The van der Waals surface area contributed by atoms with E-state index in [1.165, 1.54) is 17.7 Å². The van der Waals surface area contributed by atoms with Gasteiger partial charge in [0, 0.05) is 36.0 Å². The maximum absolute atomic E-state index is 13.5. The summed E-state index contributed by atoms with van der Waals surface area (Å²) in [6, 6.07) is 6.73. The quantitative estimate of drug-likeness (QED) is 0.946. The molecule has 0 spiro atoms. The van der Waals surface area contributed by atoms with Gasteiger partial charge in [-0.15, -0.1) is 0 Å². The number of nitrogens with zero attached hydrogens (tertiary/aromatic N) is 3. The predicted octanol–water partition coefficient (Wildman–Crippen LogP) is 3.08. The van der Waals surface area contributed by atoms with Gasteiger partial charge in [0.15, 0.2) is 5.82 Å². The second kappa shape index (κ2) is 6.62. The van der Waals surface area contributed by atoms with Crippen molar-refractivity contribution in [3.05, 3.63) is 41.3 Å². The van der Waals surface area contributed by atoms with Crippen molar-refractivity contribution in [2.75, 3.05) is 18.0 Å². The maximum atomic E-state index is 13.5. The molecule has 4 nitrogen and oxygen atoms in total. The Morgan fingerprint density at radius 2 is 2.00 bits per heavy atom. The second-order valence-electron chi connectivity index (χ2n) is 6.12. The number of piperidine rings is 1. The number of hydrogen-bond donors (Lipinski definition) is 1. The molecular formula is C18H23FN4. The Bertz CT molecular complexity index is 693. The van der Waals surface area contributed by atoms with Crippen molar-refractivity contribution in [1.29, 1.82) is 0 Å². The van der Waals surface area contributed by atoms with E-state index in [1.54, 1.807) is 6.07 Å². The zero-order chi connectivity index (χ0) is 16.4. The molecule has 23 heavy (non-hydrogen) atoms. The molecule has 1 aliphatic heterocycles. The normalized spacial score (nSPS) is 15.9. The van der Waals surface area contributed by atoms with Crippen LogP contribution in [0.25, 0.3) is 11.4 Å². The fraction of sp³-hybridized carbons (Fsp3) is 0.444. The highest BCUT2D eigenvalue weighted by Gasteiger charge is 2.22. The third kappa shape index (κ3) is 3.34. The minimum absolute atomic E-state index is 0.270. The van der Waals surface area contributed by atoms with Crippen molar-refractivity contribution < 1.29 is 4.39 Å². The first-order chi connectivity index (χ1) is 11.1. The van der Waals surface area contributed by atoms with Gasteiger partial charge >= 0.3 is 0 Å². The number of aryl methyl sites for hydroxylation is 1. The van der Waals surface area contributed by atoms with Gasteiger partial charge in [-0.25, -0.2) is 14.4 Å². The molecule has 1 aromatic heterocycles. The Kier molecular flexibility index (Phi) is 4.57. The molecule has 0 radical (unpaired) electrons. The van der Waals surface area contributed by atoms with Gasteiger partial charge < -0.3 is 10.6 Å². The molecule has 2 aromatic rings. The van der Waals surface area contributed by atoms with Crippen LogP contribution in [-0.2, 0) is 6.42 Å². The molecule has 1 fully saturated rings. The van der Waals surface area contributed by atoms with Crippen LogP contribution >= 0.6 is 0 Å². The summed E-state index contributed by atoms with van der Waals surface area (Å²) in [4.78, 5) is 11.7. The van der Waals surface area contributed by atoms with E-state index >= 15 is 0 Å². The summed E-state index contributed by atoms with van der Waals surface area (Å²) in [7, 11) is 0. The first kappa shape index (κ1) is 15.9. The van der Waals surface area contributed by atoms with Gasteiger partial charge in [-0.3, -0.25) is 0 Å². The van der Waals surface area contributed by atoms with Crippen molar-refractivity contribution >= 4 is 5.82 Å². The number of nitrogens with two attached hydrogens (primary N) is 1. The monoisotopic (exact) mass is 314 g/mol. The molecule has 1 aliphatic rings. The number of halogens is 1. The molecule has 0 amide bonds. The van der Waals surface area contributed by atoms with Gasteiger partial charge in [-0.1, -0.05) is 19.1 Å². The summed E-state index contributed by atoms with van der Waals surface area (Å²) in [5.74, 6) is 1.30. The van der Waals surface area contributed by atoms with E-state index in [4.69, 9.17) is 10.7 Å². The van der Waals surface area contributed by atoms with Crippen LogP contribution in [-0.4, -0.2) is 29.1 Å². The molecule has 3 rings (SSSR count). The van der Waals surface area contributed by atoms with E-state index in [0.717, 1.165) is 43.9 Å². The van der Waals surface area contributed by atoms with Crippen LogP contribution in [0.2, 0.25) is 0 Å². The number of hydrogen-bond acceptors (Lipinski definition) is 4. The lowest BCUT2D eigenvalue weighted by Crippen LogP contribution is -2.40.